The molecule has 0 spiro atoms. The minimum Gasteiger partial charge on any atom is -0.497 e. The average Bonchev–Trinajstić information content (AvgIpc) is 3.16. The van der Waals surface area contributed by atoms with Crippen LogP contribution >= 0.6 is 0 Å². The summed E-state index contributed by atoms with van der Waals surface area (Å²) >= 11 is 0. The zero-order valence-corrected chi connectivity index (χ0v) is 15.9. The number of nitrogens with one attached hydrogen (secondary N) is 1. The molecule has 1 saturated heterocycles. The molecule has 144 valence electrons. The monoisotopic (exact) mass is 377 g/mol. The second-order valence-electron chi connectivity index (χ2n) is 6.94. The Morgan fingerprint density at radius 1 is 1.00 bits per heavy atom. The first-order chi connectivity index (χ1) is 13.7. The van der Waals surface area contributed by atoms with E-state index in [2.05, 4.69) is 4.98 Å². The molecule has 0 atom stereocenters. The molecule has 2 aromatic carbocycles. The topological polar surface area (TPSA) is 65.6 Å². The predicted octanol–water partition coefficient (Wildman–Crippen LogP) is 2.70. The fraction of sp³-hybridized carbons (Fsp3) is 0.273. The Hall–Kier alpha value is -3.28. The van der Waals surface area contributed by atoms with Crippen LogP contribution in [0.3, 0.4) is 0 Å². The van der Waals surface area contributed by atoms with Crippen molar-refractivity contribution < 1.29 is 14.3 Å². The zero-order valence-electron chi connectivity index (χ0n) is 15.9. The van der Waals surface area contributed by atoms with Gasteiger partial charge in [0.25, 0.3) is 5.91 Å². The first kappa shape index (κ1) is 18.1. The molecule has 1 aliphatic heterocycles. The normalized spacial score (nSPS) is 14.3. The maximum absolute atomic E-state index is 12.7. The lowest BCUT2D eigenvalue weighted by molar-refractivity contribution is -0.131. The molecule has 0 bridgehead atoms. The number of piperazine rings is 1. The highest BCUT2D eigenvalue weighted by Gasteiger charge is 2.25. The summed E-state index contributed by atoms with van der Waals surface area (Å²) in [6.45, 7) is 2.18. The number of methoxy groups -OCH3 is 1. The van der Waals surface area contributed by atoms with Crippen LogP contribution in [0.25, 0.3) is 10.9 Å². The summed E-state index contributed by atoms with van der Waals surface area (Å²) in [6, 6.07) is 15.2. The number of hydrogen-bond donors (Lipinski definition) is 1. The number of aromatic nitrogens is 1. The largest absolute Gasteiger partial charge is 0.497 e. The van der Waals surface area contributed by atoms with Gasteiger partial charge in [0.2, 0.25) is 5.91 Å². The van der Waals surface area contributed by atoms with Gasteiger partial charge in [-0.3, -0.25) is 9.59 Å². The van der Waals surface area contributed by atoms with E-state index in [4.69, 9.17) is 4.74 Å². The summed E-state index contributed by atoms with van der Waals surface area (Å²) in [5.41, 5.74) is 2.66. The number of aromatic amines is 1. The number of fused-ring (bicyclic) bond motifs is 1. The lowest BCUT2D eigenvalue weighted by Crippen LogP contribution is -2.51. The van der Waals surface area contributed by atoms with Crippen molar-refractivity contribution in [2.75, 3.05) is 33.3 Å². The van der Waals surface area contributed by atoms with E-state index >= 15 is 0 Å². The maximum Gasteiger partial charge on any atom is 0.254 e. The number of rotatable bonds is 4. The molecule has 1 aromatic heterocycles. The molecule has 0 radical (unpaired) electrons. The molecule has 2 amide bonds. The van der Waals surface area contributed by atoms with Gasteiger partial charge in [0, 0.05) is 48.8 Å². The Morgan fingerprint density at radius 3 is 2.54 bits per heavy atom. The first-order valence-corrected chi connectivity index (χ1v) is 9.42. The third-order valence-electron chi connectivity index (χ3n) is 5.25. The van der Waals surface area contributed by atoms with E-state index in [0.717, 1.165) is 16.5 Å². The number of benzene rings is 2. The van der Waals surface area contributed by atoms with Crippen molar-refractivity contribution in [2.45, 2.75) is 6.42 Å². The quantitative estimate of drug-likeness (QED) is 0.760. The predicted molar refractivity (Wildman–Crippen MR) is 107 cm³/mol. The Morgan fingerprint density at radius 2 is 1.75 bits per heavy atom. The minimum absolute atomic E-state index is 0.0253. The van der Waals surface area contributed by atoms with Gasteiger partial charge in [0.05, 0.1) is 13.5 Å². The van der Waals surface area contributed by atoms with Crippen molar-refractivity contribution in [1.29, 1.82) is 0 Å². The van der Waals surface area contributed by atoms with Crippen molar-refractivity contribution in [1.82, 2.24) is 14.8 Å². The van der Waals surface area contributed by atoms with Crippen LogP contribution in [0.1, 0.15) is 15.9 Å². The second-order valence-corrected chi connectivity index (χ2v) is 6.94. The van der Waals surface area contributed by atoms with Gasteiger partial charge < -0.3 is 19.5 Å². The van der Waals surface area contributed by atoms with Gasteiger partial charge in [-0.05, 0) is 29.8 Å². The van der Waals surface area contributed by atoms with Crippen molar-refractivity contribution in [3.63, 3.8) is 0 Å². The molecule has 2 heterocycles. The van der Waals surface area contributed by atoms with Gasteiger partial charge in [0.15, 0.2) is 0 Å². The molecule has 1 aliphatic rings. The summed E-state index contributed by atoms with van der Waals surface area (Å²) < 4.78 is 5.20. The molecule has 1 fully saturated rings. The maximum atomic E-state index is 12.7. The first-order valence-electron chi connectivity index (χ1n) is 9.42. The molecule has 0 saturated carbocycles. The third kappa shape index (κ3) is 3.58. The standard InChI is InChI=1S/C22H23N3O3/c1-28-18-6-4-5-16(13-18)22(27)25-11-9-24(10-12-25)21(26)14-17-15-23-20-8-3-2-7-19(17)20/h2-8,13,15,23H,9-12,14H2,1H3. The van der Waals surface area contributed by atoms with Crippen LogP contribution in [-0.2, 0) is 11.2 Å². The fourth-order valence-electron chi connectivity index (χ4n) is 3.65. The molecule has 6 heteroatoms. The van der Waals surface area contributed by atoms with Crippen LogP contribution in [0.2, 0.25) is 0 Å². The molecular formula is C22H23N3O3. The van der Waals surface area contributed by atoms with E-state index in [1.807, 2.05) is 47.5 Å². The fourth-order valence-corrected chi connectivity index (χ4v) is 3.65. The summed E-state index contributed by atoms with van der Waals surface area (Å²) in [5, 5.41) is 1.09. The van der Waals surface area contributed by atoms with E-state index in [-0.39, 0.29) is 11.8 Å². The Labute approximate surface area is 163 Å². The van der Waals surface area contributed by atoms with E-state index in [1.54, 1.807) is 24.1 Å². The highest BCUT2D eigenvalue weighted by atomic mass is 16.5. The van der Waals surface area contributed by atoms with Crippen LogP contribution in [0.4, 0.5) is 0 Å². The Balaban J connectivity index is 1.37. The number of hydrogen-bond acceptors (Lipinski definition) is 3. The van der Waals surface area contributed by atoms with Gasteiger partial charge in [-0.15, -0.1) is 0 Å². The van der Waals surface area contributed by atoms with Crippen molar-refractivity contribution in [3.8, 4) is 5.75 Å². The summed E-state index contributed by atoms with van der Waals surface area (Å²) in [5.74, 6) is 0.735. The molecule has 4 rings (SSSR count). The average molecular weight is 377 g/mol. The lowest BCUT2D eigenvalue weighted by atomic mass is 10.1. The SMILES string of the molecule is COc1cccc(C(=O)N2CCN(C(=O)Cc3c[nH]c4ccccc34)CC2)c1. The molecule has 3 aromatic rings. The van der Waals surface area contributed by atoms with Crippen LogP contribution in [0.15, 0.2) is 54.7 Å². The van der Waals surface area contributed by atoms with Crippen molar-refractivity contribution in [3.05, 3.63) is 65.9 Å². The van der Waals surface area contributed by atoms with E-state index < -0.39 is 0 Å². The molecule has 0 aliphatic carbocycles. The number of H-pyrrole nitrogens is 1. The van der Waals surface area contributed by atoms with E-state index in [1.165, 1.54) is 0 Å². The lowest BCUT2D eigenvalue weighted by Gasteiger charge is -2.35. The number of para-hydroxylation sites is 1. The molecule has 28 heavy (non-hydrogen) atoms. The molecule has 6 nitrogen and oxygen atoms in total. The highest BCUT2D eigenvalue weighted by molar-refractivity contribution is 5.95. The van der Waals surface area contributed by atoms with Crippen LogP contribution in [0.5, 0.6) is 5.75 Å². The number of ether oxygens (including phenoxy) is 1. The molecule has 1 N–H and O–H groups in total. The summed E-state index contributed by atoms with van der Waals surface area (Å²) in [7, 11) is 1.58. The van der Waals surface area contributed by atoms with Gasteiger partial charge >= 0.3 is 0 Å². The third-order valence-corrected chi connectivity index (χ3v) is 5.25. The van der Waals surface area contributed by atoms with E-state index in [9.17, 15) is 9.59 Å². The van der Waals surface area contributed by atoms with Crippen LogP contribution in [-0.4, -0.2) is 59.9 Å². The molecular weight excluding hydrogens is 354 g/mol. The summed E-state index contributed by atoms with van der Waals surface area (Å²) in [4.78, 5) is 32.3. The van der Waals surface area contributed by atoms with Gasteiger partial charge in [-0.2, -0.15) is 0 Å². The van der Waals surface area contributed by atoms with E-state index in [0.29, 0.717) is 43.9 Å². The van der Waals surface area contributed by atoms with Gasteiger partial charge in [0.1, 0.15) is 5.75 Å². The van der Waals surface area contributed by atoms with Crippen molar-refractivity contribution in [2.24, 2.45) is 0 Å². The number of nitrogens with zero attached hydrogens (tertiary/aromatic N) is 2. The zero-order chi connectivity index (χ0) is 19.5. The smallest absolute Gasteiger partial charge is 0.254 e. The van der Waals surface area contributed by atoms with Crippen LogP contribution in [0, 0.1) is 0 Å². The van der Waals surface area contributed by atoms with Crippen molar-refractivity contribution >= 4 is 22.7 Å². The highest BCUT2D eigenvalue weighted by Crippen LogP contribution is 2.20. The number of amides is 2. The number of carbonyl (C=O) groups is 2. The molecule has 0 unspecified atom stereocenters. The Bertz CT molecular complexity index is 1000. The second kappa shape index (κ2) is 7.76. The minimum atomic E-state index is -0.0253. The van der Waals surface area contributed by atoms with Gasteiger partial charge in [-0.25, -0.2) is 0 Å². The summed E-state index contributed by atoms with van der Waals surface area (Å²) in [6.07, 6.45) is 2.28. The van der Waals surface area contributed by atoms with Crippen LogP contribution < -0.4 is 4.74 Å². The number of carbonyl (C=O) groups excluding carboxylic acids is 2. The Kier molecular flexibility index (Phi) is 5.02. The van der Waals surface area contributed by atoms with Gasteiger partial charge in [-0.1, -0.05) is 24.3 Å².